The minimum absolute atomic E-state index is 0.0574. The molecule has 3 N–H and O–H groups in total. The van der Waals surface area contributed by atoms with E-state index in [2.05, 4.69) is 4.72 Å². The lowest BCUT2D eigenvalue weighted by molar-refractivity contribution is 0.243. The molecule has 0 amide bonds. The molecule has 1 saturated carbocycles. The van der Waals surface area contributed by atoms with Crippen molar-refractivity contribution < 1.29 is 8.42 Å². The van der Waals surface area contributed by atoms with Gasteiger partial charge in [-0.3, -0.25) is 0 Å². The van der Waals surface area contributed by atoms with E-state index in [9.17, 15) is 8.42 Å². The highest BCUT2D eigenvalue weighted by molar-refractivity contribution is 7.87. The Morgan fingerprint density at radius 2 is 2.06 bits per heavy atom. The van der Waals surface area contributed by atoms with Crippen molar-refractivity contribution in [2.75, 3.05) is 19.6 Å². The van der Waals surface area contributed by atoms with Crippen LogP contribution in [0.25, 0.3) is 0 Å². The molecule has 5 nitrogen and oxygen atoms in total. The minimum atomic E-state index is -3.32. The van der Waals surface area contributed by atoms with Gasteiger partial charge in [0.2, 0.25) is 0 Å². The van der Waals surface area contributed by atoms with Crippen LogP contribution in [-0.2, 0) is 10.2 Å². The summed E-state index contributed by atoms with van der Waals surface area (Å²) in [5.74, 6) is 0.837. The van der Waals surface area contributed by atoms with Crippen LogP contribution in [0.15, 0.2) is 0 Å². The van der Waals surface area contributed by atoms with Gasteiger partial charge in [0.05, 0.1) is 0 Å². The average molecular weight is 275 g/mol. The number of nitrogens with zero attached hydrogens (tertiary/aromatic N) is 1. The molecule has 0 radical (unpaired) electrons. The van der Waals surface area contributed by atoms with Gasteiger partial charge in [-0.25, -0.2) is 0 Å². The van der Waals surface area contributed by atoms with E-state index in [1.54, 1.807) is 4.31 Å². The second-order valence-corrected chi connectivity index (χ2v) is 7.41. The molecule has 2 rings (SSSR count). The largest absolute Gasteiger partial charge is 0.330 e. The van der Waals surface area contributed by atoms with Gasteiger partial charge in [-0.2, -0.15) is 17.4 Å². The van der Waals surface area contributed by atoms with Crippen LogP contribution in [-0.4, -0.2) is 38.4 Å². The van der Waals surface area contributed by atoms with E-state index in [0.29, 0.717) is 31.5 Å². The van der Waals surface area contributed by atoms with Crippen LogP contribution in [0.3, 0.4) is 0 Å². The molecule has 1 aliphatic heterocycles. The third-order valence-corrected chi connectivity index (χ3v) is 6.03. The van der Waals surface area contributed by atoms with E-state index in [1.165, 1.54) is 6.42 Å². The lowest BCUT2D eigenvalue weighted by Crippen LogP contribution is -2.51. The zero-order valence-electron chi connectivity index (χ0n) is 11.1. The van der Waals surface area contributed by atoms with Crippen molar-refractivity contribution in [3.05, 3.63) is 0 Å². The van der Waals surface area contributed by atoms with Gasteiger partial charge in [-0.15, -0.1) is 0 Å². The van der Waals surface area contributed by atoms with Crippen LogP contribution in [0, 0.1) is 11.8 Å². The monoisotopic (exact) mass is 275 g/mol. The zero-order valence-corrected chi connectivity index (χ0v) is 12.0. The van der Waals surface area contributed by atoms with E-state index < -0.39 is 10.2 Å². The lowest BCUT2D eigenvalue weighted by atomic mass is 9.81. The van der Waals surface area contributed by atoms with Crippen LogP contribution in [0.5, 0.6) is 0 Å². The molecule has 2 unspecified atom stereocenters. The molecule has 2 atom stereocenters. The molecule has 18 heavy (non-hydrogen) atoms. The summed E-state index contributed by atoms with van der Waals surface area (Å²) in [7, 11) is -3.32. The number of hydrogen-bond acceptors (Lipinski definition) is 3. The Kier molecular flexibility index (Phi) is 4.64. The van der Waals surface area contributed by atoms with Gasteiger partial charge in [0, 0.05) is 19.1 Å². The van der Waals surface area contributed by atoms with Gasteiger partial charge in [-0.1, -0.05) is 6.42 Å². The van der Waals surface area contributed by atoms with Crippen LogP contribution in [0.1, 0.15) is 39.0 Å². The first kappa shape index (κ1) is 14.2. The molecule has 1 heterocycles. The molecule has 6 heteroatoms. The number of piperidine rings is 1. The molecule has 0 aromatic carbocycles. The van der Waals surface area contributed by atoms with Gasteiger partial charge in [0.25, 0.3) is 10.2 Å². The lowest BCUT2D eigenvalue weighted by Gasteiger charge is -2.35. The normalized spacial score (nSPS) is 28.9. The van der Waals surface area contributed by atoms with Crippen molar-refractivity contribution in [3.63, 3.8) is 0 Å². The summed E-state index contributed by atoms with van der Waals surface area (Å²) in [6.45, 7) is 3.75. The third kappa shape index (κ3) is 3.23. The molecule has 1 aliphatic carbocycles. The van der Waals surface area contributed by atoms with Crippen molar-refractivity contribution in [1.29, 1.82) is 0 Å². The summed E-state index contributed by atoms with van der Waals surface area (Å²) in [6, 6.07) is 0.0574. The van der Waals surface area contributed by atoms with Crippen molar-refractivity contribution in [2.45, 2.75) is 45.1 Å². The fourth-order valence-corrected chi connectivity index (χ4v) is 4.37. The summed E-state index contributed by atoms with van der Waals surface area (Å²) in [6.07, 6.45) is 5.49. The van der Waals surface area contributed by atoms with Crippen LogP contribution >= 0.6 is 0 Å². The predicted molar refractivity (Wildman–Crippen MR) is 72.2 cm³/mol. The van der Waals surface area contributed by atoms with Gasteiger partial charge in [-0.05, 0) is 51.0 Å². The second-order valence-electron chi connectivity index (χ2n) is 5.70. The Balaban J connectivity index is 1.92. The Morgan fingerprint density at radius 3 is 2.61 bits per heavy atom. The quantitative estimate of drug-likeness (QED) is 0.775. The van der Waals surface area contributed by atoms with Crippen LogP contribution < -0.4 is 10.5 Å². The summed E-state index contributed by atoms with van der Waals surface area (Å²) >= 11 is 0. The molecule has 2 fully saturated rings. The average Bonchev–Trinajstić information content (AvgIpc) is 2.26. The van der Waals surface area contributed by atoms with E-state index >= 15 is 0 Å². The topological polar surface area (TPSA) is 75.4 Å². The molecular formula is C12H25N3O2S. The number of nitrogens with two attached hydrogens (primary N) is 1. The SMILES string of the molecule is CC(NS(=O)(=O)N1CCCC(CN)C1)C1CCC1. The highest BCUT2D eigenvalue weighted by Crippen LogP contribution is 2.30. The number of rotatable bonds is 5. The Morgan fingerprint density at radius 1 is 1.33 bits per heavy atom. The first-order chi connectivity index (χ1) is 8.53. The Labute approximate surface area is 110 Å². The van der Waals surface area contributed by atoms with Crippen molar-refractivity contribution >= 4 is 10.2 Å². The van der Waals surface area contributed by atoms with Gasteiger partial charge in [0.1, 0.15) is 0 Å². The van der Waals surface area contributed by atoms with Crippen molar-refractivity contribution in [2.24, 2.45) is 17.6 Å². The molecule has 106 valence electrons. The maximum absolute atomic E-state index is 12.3. The minimum Gasteiger partial charge on any atom is -0.330 e. The van der Waals surface area contributed by atoms with Gasteiger partial charge in [0.15, 0.2) is 0 Å². The zero-order chi connectivity index (χ0) is 13.2. The summed E-state index contributed by atoms with van der Waals surface area (Å²) in [4.78, 5) is 0. The molecule has 1 saturated heterocycles. The second kappa shape index (κ2) is 5.86. The highest BCUT2D eigenvalue weighted by atomic mass is 32.2. The van der Waals surface area contributed by atoms with E-state index in [4.69, 9.17) is 5.73 Å². The fraction of sp³-hybridized carbons (Fsp3) is 1.00. The Hall–Kier alpha value is -0.170. The number of hydrogen-bond donors (Lipinski definition) is 2. The smallest absolute Gasteiger partial charge is 0.279 e. The molecule has 0 aromatic heterocycles. The van der Waals surface area contributed by atoms with Crippen molar-refractivity contribution in [3.8, 4) is 0 Å². The molecular weight excluding hydrogens is 250 g/mol. The number of nitrogens with one attached hydrogen (secondary N) is 1. The molecule has 0 bridgehead atoms. The van der Waals surface area contributed by atoms with Gasteiger partial charge >= 0.3 is 0 Å². The summed E-state index contributed by atoms with van der Waals surface area (Å²) in [5, 5.41) is 0. The summed E-state index contributed by atoms with van der Waals surface area (Å²) in [5.41, 5.74) is 5.65. The maximum atomic E-state index is 12.3. The van der Waals surface area contributed by atoms with E-state index in [1.807, 2.05) is 6.92 Å². The van der Waals surface area contributed by atoms with E-state index in [-0.39, 0.29) is 6.04 Å². The standard InChI is InChI=1S/C12H25N3O2S/c1-10(12-5-2-6-12)14-18(16,17)15-7-3-4-11(8-13)9-15/h10-12,14H,2-9,13H2,1H3. The van der Waals surface area contributed by atoms with E-state index in [0.717, 1.165) is 25.7 Å². The molecule has 0 spiro atoms. The van der Waals surface area contributed by atoms with Crippen LogP contribution in [0.4, 0.5) is 0 Å². The fourth-order valence-electron chi connectivity index (χ4n) is 2.78. The van der Waals surface area contributed by atoms with Gasteiger partial charge < -0.3 is 5.73 Å². The third-order valence-electron chi connectivity index (χ3n) is 4.35. The predicted octanol–water partition coefficient (Wildman–Crippen LogP) is 0.680. The van der Waals surface area contributed by atoms with Crippen molar-refractivity contribution in [1.82, 2.24) is 9.03 Å². The highest BCUT2D eigenvalue weighted by Gasteiger charge is 2.32. The first-order valence-corrected chi connectivity index (χ1v) is 8.44. The first-order valence-electron chi connectivity index (χ1n) is 7.00. The molecule has 0 aromatic rings. The Bertz CT molecular complexity index is 368. The molecule has 2 aliphatic rings. The maximum Gasteiger partial charge on any atom is 0.279 e. The summed E-state index contributed by atoms with van der Waals surface area (Å²) < 4.78 is 29.0. The van der Waals surface area contributed by atoms with Crippen LogP contribution in [0.2, 0.25) is 0 Å².